The highest BCUT2D eigenvalue weighted by molar-refractivity contribution is 5.89. The number of carbonyl (C=O) groups excluding carboxylic acids is 1. The Bertz CT molecular complexity index is 794. The molecule has 2 amide bonds. The number of nitrogens with one attached hydrogen (secondary N) is 2. The van der Waals surface area contributed by atoms with E-state index in [9.17, 15) is 4.79 Å². The van der Waals surface area contributed by atoms with E-state index >= 15 is 0 Å². The Morgan fingerprint density at radius 1 is 1.12 bits per heavy atom. The molecule has 1 heterocycles. The van der Waals surface area contributed by atoms with Gasteiger partial charge in [-0.2, -0.15) is 5.10 Å². The lowest BCUT2D eigenvalue weighted by atomic mass is 10.1. The Morgan fingerprint density at radius 2 is 1.96 bits per heavy atom. The molecule has 0 aliphatic rings. The molecule has 5 nitrogen and oxygen atoms in total. The average Bonchev–Trinajstić information content (AvgIpc) is 3.10. The first-order valence-electron chi connectivity index (χ1n) is 7.91. The summed E-state index contributed by atoms with van der Waals surface area (Å²) in [7, 11) is 0. The summed E-state index contributed by atoms with van der Waals surface area (Å²) in [6, 6.07) is 17.6. The molecule has 0 aliphatic heterocycles. The molecule has 3 rings (SSSR count). The minimum Gasteiger partial charge on any atom is -0.338 e. The monoisotopic (exact) mass is 320 g/mol. The second-order valence-electron chi connectivity index (χ2n) is 5.62. The van der Waals surface area contributed by atoms with Gasteiger partial charge in [-0.3, -0.25) is 0 Å². The van der Waals surface area contributed by atoms with E-state index < -0.39 is 0 Å². The van der Waals surface area contributed by atoms with Crippen LogP contribution in [0.2, 0.25) is 0 Å². The topological polar surface area (TPSA) is 59.0 Å². The van der Waals surface area contributed by atoms with Gasteiger partial charge in [-0.05, 0) is 54.8 Å². The molecule has 3 aromatic rings. The molecular weight excluding hydrogens is 300 g/mol. The molecule has 5 heteroatoms. The van der Waals surface area contributed by atoms with Gasteiger partial charge in [-0.25, -0.2) is 9.48 Å². The van der Waals surface area contributed by atoms with Crippen LogP contribution >= 0.6 is 0 Å². The van der Waals surface area contributed by atoms with Gasteiger partial charge in [0.05, 0.1) is 5.69 Å². The van der Waals surface area contributed by atoms with Crippen molar-refractivity contribution in [2.45, 2.75) is 13.3 Å². The summed E-state index contributed by atoms with van der Waals surface area (Å²) in [5.41, 5.74) is 4.11. The minimum absolute atomic E-state index is 0.186. The van der Waals surface area contributed by atoms with Crippen LogP contribution in [0.4, 0.5) is 10.5 Å². The number of rotatable bonds is 5. The van der Waals surface area contributed by atoms with Gasteiger partial charge in [0, 0.05) is 24.6 Å². The summed E-state index contributed by atoms with van der Waals surface area (Å²) < 4.78 is 1.82. The predicted molar refractivity (Wildman–Crippen MR) is 95.5 cm³/mol. The van der Waals surface area contributed by atoms with Crippen LogP contribution in [-0.4, -0.2) is 22.4 Å². The van der Waals surface area contributed by atoms with E-state index in [-0.39, 0.29) is 6.03 Å². The zero-order valence-electron chi connectivity index (χ0n) is 13.6. The fourth-order valence-corrected chi connectivity index (χ4v) is 2.46. The van der Waals surface area contributed by atoms with Crippen LogP contribution in [0.1, 0.15) is 11.1 Å². The summed E-state index contributed by atoms with van der Waals surface area (Å²) in [4.78, 5) is 11.9. The van der Waals surface area contributed by atoms with Crippen molar-refractivity contribution in [3.8, 4) is 5.69 Å². The summed E-state index contributed by atoms with van der Waals surface area (Å²) in [6.07, 6.45) is 4.44. The van der Waals surface area contributed by atoms with Crippen LogP contribution in [0.5, 0.6) is 0 Å². The zero-order valence-corrected chi connectivity index (χ0v) is 13.6. The molecule has 2 aromatic carbocycles. The zero-order chi connectivity index (χ0) is 16.8. The normalized spacial score (nSPS) is 10.4. The molecule has 0 radical (unpaired) electrons. The van der Waals surface area contributed by atoms with Gasteiger partial charge in [0.1, 0.15) is 0 Å². The highest BCUT2D eigenvalue weighted by Crippen LogP contribution is 2.10. The third-order valence-electron chi connectivity index (χ3n) is 3.68. The smallest absolute Gasteiger partial charge is 0.319 e. The van der Waals surface area contributed by atoms with E-state index in [4.69, 9.17) is 0 Å². The number of carbonyl (C=O) groups is 1. The van der Waals surface area contributed by atoms with Gasteiger partial charge in [0.25, 0.3) is 0 Å². The first kappa shape index (κ1) is 15.8. The van der Waals surface area contributed by atoms with Gasteiger partial charge in [0.2, 0.25) is 0 Å². The predicted octanol–water partition coefficient (Wildman–Crippen LogP) is 3.54. The number of aromatic nitrogens is 2. The van der Waals surface area contributed by atoms with Crippen molar-refractivity contribution in [2.75, 3.05) is 11.9 Å². The van der Waals surface area contributed by atoms with Crippen LogP contribution in [0.3, 0.4) is 0 Å². The molecule has 0 saturated carbocycles. The summed E-state index contributed by atoms with van der Waals surface area (Å²) in [5, 5.41) is 9.91. The van der Waals surface area contributed by atoms with E-state index in [0.29, 0.717) is 6.54 Å². The van der Waals surface area contributed by atoms with Gasteiger partial charge < -0.3 is 10.6 Å². The number of hydrogen-bond acceptors (Lipinski definition) is 2. The number of anilines is 1. The number of amides is 2. The fourth-order valence-electron chi connectivity index (χ4n) is 2.46. The van der Waals surface area contributed by atoms with E-state index in [0.717, 1.165) is 23.4 Å². The largest absolute Gasteiger partial charge is 0.338 e. The summed E-state index contributed by atoms with van der Waals surface area (Å²) in [5.74, 6) is 0. The second-order valence-corrected chi connectivity index (χ2v) is 5.62. The third kappa shape index (κ3) is 4.23. The SMILES string of the molecule is Cc1cccc(NC(=O)NCCc2ccc(-n3cccn3)cc2)c1. The van der Waals surface area contributed by atoms with E-state index in [1.807, 2.05) is 60.3 Å². The average molecular weight is 320 g/mol. The lowest BCUT2D eigenvalue weighted by Crippen LogP contribution is -2.30. The number of hydrogen-bond donors (Lipinski definition) is 2. The summed E-state index contributed by atoms with van der Waals surface area (Å²) >= 11 is 0. The highest BCUT2D eigenvalue weighted by Gasteiger charge is 2.02. The van der Waals surface area contributed by atoms with Crippen molar-refractivity contribution in [3.05, 3.63) is 78.1 Å². The van der Waals surface area contributed by atoms with Crippen LogP contribution in [-0.2, 0) is 6.42 Å². The Labute approximate surface area is 141 Å². The third-order valence-corrected chi connectivity index (χ3v) is 3.68. The lowest BCUT2D eigenvalue weighted by Gasteiger charge is -2.09. The van der Waals surface area contributed by atoms with E-state index in [1.54, 1.807) is 6.20 Å². The van der Waals surface area contributed by atoms with Crippen molar-refractivity contribution < 1.29 is 4.79 Å². The van der Waals surface area contributed by atoms with Crippen molar-refractivity contribution in [1.82, 2.24) is 15.1 Å². The van der Waals surface area contributed by atoms with E-state index in [1.165, 1.54) is 5.56 Å². The van der Waals surface area contributed by atoms with Gasteiger partial charge in [-0.1, -0.05) is 24.3 Å². The Hall–Kier alpha value is -3.08. The molecule has 0 bridgehead atoms. The number of benzene rings is 2. The number of aryl methyl sites for hydroxylation is 1. The Morgan fingerprint density at radius 3 is 2.67 bits per heavy atom. The fraction of sp³-hybridized carbons (Fsp3) is 0.158. The standard InChI is InChI=1S/C19H20N4O/c1-15-4-2-5-17(14-15)22-19(24)20-12-10-16-6-8-18(9-7-16)23-13-3-11-21-23/h2-9,11,13-14H,10,12H2,1H3,(H2,20,22,24). The van der Waals surface area contributed by atoms with Crippen LogP contribution in [0.25, 0.3) is 5.69 Å². The maximum Gasteiger partial charge on any atom is 0.319 e. The quantitative estimate of drug-likeness (QED) is 0.755. The molecule has 24 heavy (non-hydrogen) atoms. The van der Waals surface area contributed by atoms with Crippen molar-refractivity contribution in [1.29, 1.82) is 0 Å². The molecule has 0 saturated heterocycles. The van der Waals surface area contributed by atoms with Crippen molar-refractivity contribution in [3.63, 3.8) is 0 Å². The molecule has 1 aromatic heterocycles. The second kappa shape index (κ2) is 7.46. The Balaban J connectivity index is 1.47. The molecule has 2 N–H and O–H groups in total. The Kier molecular flexibility index (Phi) is 4.91. The van der Waals surface area contributed by atoms with Crippen LogP contribution in [0.15, 0.2) is 67.0 Å². The van der Waals surface area contributed by atoms with E-state index in [2.05, 4.69) is 27.9 Å². The number of nitrogens with zero attached hydrogens (tertiary/aromatic N) is 2. The van der Waals surface area contributed by atoms with Crippen molar-refractivity contribution >= 4 is 11.7 Å². The van der Waals surface area contributed by atoms with Gasteiger partial charge >= 0.3 is 6.03 Å². The molecule has 0 atom stereocenters. The highest BCUT2D eigenvalue weighted by atomic mass is 16.2. The van der Waals surface area contributed by atoms with Crippen LogP contribution in [0, 0.1) is 6.92 Å². The van der Waals surface area contributed by atoms with Crippen LogP contribution < -0.4 is 10.6 Å². The first-order valence-corrected chi connectivity index (χ1v) is 7.91. The molecule has 0 aliphatic carbocycles. The first-order chi connectivity index (χ1) is 11.7. The lowest BCUT2D eigenvalue weighted by molar-refractivity contribution is 0.252. The summed E-state index contributed by atoms with van der Waals surface area (Å²) in [6.45, 7) is 2.58. The molecular formula is C19H20N4O. The maximum absolute atomic E-state index is 11.9. The molecule has 0 spiro atoms. The molecule has 122 valence electrons. The maximum atomic E-state index is 11.9. The van der Waals surface area contributed by atoms with Gasteiger partial charge in [0.15, 0.2) is 0 Å². The van der Waals surface area contributed by atoms with Crippen molar-refractivity contribution in [2.24, 2.45) is 0 Å². The number of urea groups is 1. The molecule has 0 fully saturated rings. The molecule has 0 unspecified atom stereocenters. The van der Waals surface area contributed by atoms with Gasteiger partial charge in [-0.15, -0.1) is 0 Å². The minimum atomic E-state index is -0.186.